The van der Waals surface area contributed by atoms with Gasteiger partial charge in [-0.2, -0.15) is 0 Å². The molecule has 8 atom stereocenters. The first-order valence-corrected chi connectivity index (χ1v) is 14.2. The van der Waals surface area contributed by atoms with Gasteiger partial charge in [0.1, 0.15) is 17.8 Å². The van der Waals surface area contributed by atoms with Crippen molar-refractivity contribution in [2.24, 2.45) is 40.2 Å². The molecule has 0 heterocycles. The number of anilines is 1. The standard InChI is InChI=1S/C32H40N2O7/c1-15(2)23-26(37)22(29(34)40)27(38)32(41)28(39)24-25(36)21-19(13-30(24,3)14-31(23,32)4)17(9-12-20(21)35)8-5-16-6-10-18(33)11-7-16/h6-7,9-12,15,22-24,26,28,35,37,39,41H,5,8,13-14,33H2,1-4H3,(H2,34,40)/t22-,23+,24-,26?,28?,30-,31-,32+/m1/s1. The third-order valence-electron chi connectivity index (χ3n) is 10.4. The van der Waals surface area contributed by atoms with Crippen LogP contribution in [0, 0.1) is 34.5 Å². The lowest BCUT2D eigenvalue weighted by Gasteiger charge is -2.66. The fourth-order valence-corrected chi connectivity index (χ4v) is 8.79. The van der Waals surface area contributed by atoms with Crippen molar-refractivity contribution in [3.63, 3.8) is 0 Å². The predicted molar refractivity (Wildman–Crippen MR) is 152 cm³/mol. The summed E-state index contributed by atoms with van der Waals surface area (Å²) in [5.41, 5.74) is 9.90. The number of aromatic hydroxyl groups is 1. The number of aryl methyl sites for hydroxylation is 2. The lowest BCUT2D eigenvalue weighted by Crippen LogP contribution is -2.79. The van der Waals surface area contributed by atoms with E-state index in [1.807, 2.05) is 51.1 Å². The number of primary amides is 1. The Bertz CT molecular complexity index is 1420. The van der Waals surface area contributed by atoms with Gasteiger partial charge >= 0.3 is 0 Å². The number of phenols is 1. The molecule has 9 nitrogen and oxygen atoms in total. The Morgan fingerprint density at radius 3 is 2.27 bits per heavy atom. The van der Waals surface area contributed by atoms with Crippen LogP contribution in [0.1, 0.15) is 61.2 Å². The van der Waals surface area contributed by atoms with Gasteiger partial charge in [0.25, 0.3) is 0 Å². The minimum absolute atomic E-state index is 0.0867. The van der Waals surface area contributed by atoms with Gasteiger partial charge in [-0.1, -0.05) is 45.9 Å². The lowest BCUT2D eigenvalue weighted by atomic mass is 9.39. The first-order valence-electron chi connectivity index (χ1n) is 14.2. The Kier molecular flexibility index (Phi) is 6.88. The Balaban J connectivity index is 1.62. The molecule has 3 aliphatic rings. The van der Waals surface area contributed by atoms with Gasteiger partial charge in [-0.05, 0) is 77.8 Å². The van der Waals surface area contributed by atoms with Crippen molar-refractivity contribution in [3.8, 4) is 5.75 Å². The van der Waals surface area contributed by atoms with E-state index in [2.05, 4.69) is 0 Å². The molecule has 0 bridgehead atoms. The van der Waals surface area contributed by atoms with Gasteiger partial charge in [-0.3, -0.25) is 14.4 Å². The van der Waals surface area contributed by atoms with Crippen molar-refractivity contribution in [2.75, 3.05) is 5.73 Å². The van der Waals surface area contributed by atoms with Crippen LogP contribution in [-0.2, 0) is 28.9 Å². The second kappa shape index (κ2) is 9.64. The van der Waals surface area contributed by atoms with Gasteiger partial charge in [0.05, 0.1) is 17.6 Å². The van der Waals surface area contributed by atoms with E-state index < -0.39 is 63.9 Å². The number of phenolic OH excluding ortho intramolecular Hbond substituents is 1. The van der Waals surface area contributed by atoms with E-state index in [-0.39, 0.29) is 23.7 Å². The van der Waals surface area contributed by atoms with Crippen LogP contribution in [0.5, 0.6) is 5.75 Å². The number of carbonyl (C=O) groups excluding carboxylic acids is 3. The van der Waals surface area contributed by atoms with Gasteiger partial charge in [0, 0.05) is 11.1 Å². The van der Waals surface area contributed by atoms with Crippen LogP contribution in [0.3, 0.4) is 0 Å². The van der Waals surface area contributed by atoms with E-state index in [4.69, 9.17) is 11.5 Å². The quantitative estimate of drug-likeness (QED) is 0.235. The number of nitrogens with two attached hydrogens (primary N) is 2. The molecule has 0 spiro atoms. The number of hydrogen-bond donors (Lipinski definition) is 6. The van der Waals surface area contributed by atoms with E-state index >= 15 is 0 Å². The maximum Gasteiger partial charge on any atom is 0.230 e. The topological polar surface area (TPSA) is 184 Å². The number of ketones is 2. The van der Waals surface area contributed by atoms with E-state index in [0.29, 0.717) is 30.5 Å². The van der Waals surface area contributed by atoms with Gasteiger partial charge in [-0.25, -0.2) is 0 Å². The Morgan fingerprint density at radius 2 is 1.68 bits per heavy atom. The average molecular weight is 565 g/mol. The van der Waals surface area contributed by atoms with Crippen molar-refractivity contribution in [1.82, 2.24) is 0 Å². The molecule has 2 aromatic rings. The predicted octanol–water partition coefficient (Wildman–Crippen LogP) is 1.94. The van der Waals surface area contributed by atoms with E-state index in [1.54, 1.807) is 6.92 Å². The maximum atomic E-state index is 14.2. The van der Waals surface area contributed by atoms with Crippen molar-refractivity contribution >= 4 is 23.2 Å². The van der Waals surface area contributed by atoms with Gasteiger partial charge < -0.3 is 31.9 Å². The van der Waals surface area contributed by atoms with E-state index in [1.165, 1.54) is 6.07 Å². The zero-order valence-corrected chi connectivity index (χ0v) is 23.9. The monoisotopic (exact) mass is 564 g/mol. The number of aliphatic hydroxyl groups is 3. The smallest absolute Gasteiger partial charge is 0.230 e. The summed E-state index contributed by atoms with van der Waals surface area (Å²) in [4.78, 5) is 40.3. The van der Waals surface area contributed by atoms with Gasteiger partial charge in [-0.15, -0.1) is 0 Å². The van der Waals surface area contributed by atoms with Crippen LogP contribution in [0.2, 0.25) is 0 Å². The molecule has 2 saturated carbocycles. The first kappa shape index (κ1) is 29.2. The van der Waals surface area contributed by atoms with Crippen LogP contribution in [0.15, 0.2) is 36.4 Å². The first-order chi connectivity index (χ1) is 19.1. The number of fused-ring (bicyclic) bond motifs is 3. The van der Waals surface area contributed by atoms with Crippen molar-refractivity contribution in [1.29, 1.82) is 0 Å². The number of carbonyl (C=O) groups is 3. The number of hydrogen-bond acceptors (Lipinski definition) is 8. The SMILES string of the molecule is CC(C)[C@H]1C(O)[C@@H](C(N)=O)C(=O)[C@]2(O)C(O)[C@H]3C(=O)c4c(O)ccc(CCc5ccc(N)cc5)c4C[C@]3(C)C[C@]12C. The molecule has 2 unspecified atom stereocenters. The fourth-order valence-electron chi connectivity index (χ4n) is 8.79. The van der Waals surface area contributed by atoms with Crippen LogP contribution >= 0.6 is 0 Å². The Morgan fingerprint density at radius 1 is 1.05 bits per heavy atom. The Labute approximate surface area is 239 Å². The molecule has 2 aromatic carbocycles. The second-order valence-corrected chi connectivity index (χ2v) is 13.3. The summed E-state index contributed by atoms with van der Waals surface area (Å²) >= 11 is 0. The molecule has 5 rings (SSSR count). The highest BCUT2D eigenvalue weighted by atomic mass is 16.4. The summed E-state index contributed by atoms with van der Waals surface area (Å²) in [6.45, 7) is 7.16. The van der Waals surface area contributed by atoms with Crippen LogP contribution in [-0.4, -0.2) is 55.7 Å². The minimum Gasteiger partial charge on any atom is -0.507 e. The lowest BCUT2D eigenvalue weighted by molar-refractivity contribution is -0.265. The summed E-state index contributed by atoms with van der Waals surface area (Å²) in [7, 11) is 0. The highest BCUT2D eigenvalue weighted by molar-refractivity contribution is 6.09. The van der Waals surface area contributed by atoms with Crippen LogP contribution in [0.25, 0.3) is 0 Å². The summed E-state index contributed by atoms with van der Waals surface area (Å²) in [6, 6.07) is 10.8. The minimum atomic E-state index is -2.51. The van der Waals surface area contributed by atoms with Crippen molar-refractivity contribution < 1.29 is 34.8 Å². The number of Topliss-reactive ketones (excluding diaryl/α,β-unsaturated/α-hetero) is 2. The molecule has 220 valence electrons. The molecule has 3 aliphatic carbocycles. The number of amides is 1. The summed E-state index contributed by atoms with van der Waals surface area (Å²) in [5, 5.41) is 46.2. The van der Waals surface area contributed by atoms with Gasteiger partial charge in [0.2, 0.25) is 5.91 Å². The maximum absolute atomic E-state index is 14.2. The highest BCUT2D eigenvalue weighted by Gasteiger charge is 2.75. The zero-order valence-electron chi connectivity index (χ0n) is 23.9. The third kappa shape index (κ3) is 4.04. The van der Waals surface area contributed by atoms with Crippen LogP contribution < -0.4 is 11.5 Å². The number of nitrogen functional groups attached to an aromatic ring is 1. The second-order valence-electron chi connectivity index (χ2n) is 13.3. The number of benzene rings is 2. The van der Waals surface area contributed by atoms with E-state index in [0.717, 1.165) is 11.1 Å². The molecule has 0 aliphatic heterocycles. The fraction of sp³-hybridized carbons (Fsp3) is 0.531. The molecule has 0 saturated heterocycles. The van der Waals surface area contributed by atoms with E-state index in [9.17, 15) is 34.8 Å². The van der Waals surface area contributed by atoms with Crippen molar-refractivity contribution in [3.05, 3.63) is 58.7 Å². The number of aliphatic hydroxyl groups excluding tert-OH is 2. The molecule has 8 N–H and O–H groups in total. The summed E-state index contributed by atoms with van der Waals surface area (Å²) in [6.07, 6.45) is -1.64. The average Bonchev–Trinajstić information content (AvgIpc) is 2.86. The molecule has 0 radical (unpaired) electrons. The highest BCUT2D eigenvalue weighted by Crippen LogP contribution is 2.65. The molecular weight excluding hydrogens is 524 g/mol. The zero-order chi connectivity index (χ0) is 30.2. The van der Waals surface area contributed by atoms with Gasteiger partial charge in [0.15, 0.2) is 17.2 Å². The third-order valence-corrected chi connectivity index (χ3v) is 10.4. The summed E-state index contributed by atoms with van der Waals surface area (Å²) in [5.74, 6) is -6.96. The molecule has 41 heavy (non-hydrogen) atoms. The number of rotatable bonds is 5. The largest absolute Gasteiger partial charge is 0.507 e. The Hall–Kier alpha value is -3.27. The molecule has 0 aromatic heterocycles. The molecular formula is C32H40N2O7. The normalized spacial score (nSPS) is 36.4. The van der Waals surface area contributed by atoms with Crippen LogP contribution in [0.4, 0.5) is 5.69 Å². The molecule has 2 fully saturated rings. The molecule has 9 heteroatoms. The summed E-state index contributed by atoms with van der Waals surface area (Å²) < 4.78 is 0. The molecule has 1 amide bonds. The van der Waals surface area contributed by atoms with Crippen molar-refractivity contribution in [2.45, 2.75) is 71.2 Å².